The molecule has 1 heterocycles. The van der Waals surface area contributed by atoms with Gasteiger partial charge in [-0.15, -0.1) is 0 Å². The fourth-order valence-corrected chi connectivity index (χ4v) is 3.30. The van der Waals surface area contributed by atoms with Gasteiger partial charge in [-0.05, 0) is 62.2 Å². The maximum absolute atomic E-state index is 12.8. The van der Waals surface area contributed by atoms with Crippen LogP contribution in [0.15, 0.2) is 70.7 Å². The Morgan fingerprint density at radius 3 is 2.44 bits per heavy atom. The molecule has 0 aliphatic heterocycles. The largest absolute Gasteiger partial charge is 0.322 e. The Balaban J connectivity index is 1.85. The van der Waals surface area contributed by atoms with Gasteiger partial charge in [-0.2, -0.15) is 0 Å². The summed E-state index contributed by atoms with van der Waals surface area (Å²) < 4.78 is 0. The summed E-state index contributed by atoms with van der Waals surface area (Å²) >= 11 is 1.50. The van der Waals surface area contributed by atoms with Crippen molar-refractivity contribution in [3.8, 4) is 0 Å². The molecule has 0 aliphatic rings. The first kappa shape index (κ1) is 17.2. The van der Waals surface area contributed by atoms with Crippen LogP contribution >= 0.6 is 11.8 Å². The summed E-state index contributed by atoms with van der Waals surface area (Å²) in [5.74, 6) is -0.142. The van der Waals surface area contributed by atoms with Gasteiger partial charge in [0.2, 0.25) is 0 Å². The molecule has 1 amide bonds. The summed E-state index contributed by atoms with van der Waals surface area (Å²) in [6.45, 7) is 6.05. The number of hydrogen-bond donors (Lipinski definition) is 1. The Labute approximate surface area is 152 Å². The molecule has 25 heavy (non-hydrogen) atoms. The lowest BCUT2D eigenvalue weighted by Crippen LogP contribution is -2.14. The monoisotopic (exact) mass is 348 g/mol. The highest BCUT2D eigenvalue weighted by atomic mass is 32.2. The number of anilines is 1. The normalized spacial score (nSPS) is 10.5. The zero-order valence-corrected chi connectivity index (χ0v) is 15.4. The van der Waals surface area contributed by atoms with Crippen LogP contribution in [0.3, 0.4) is 0 Å². The van der Waals surface area contributed by atoms with Crippen LogP contribution in [0.4, 0.5) is 5.69 Å². The molecule has 0 aliphatic carbocycles. The number of hydrogen-bond acceptors (Lipinski definition) is 3. The minimum atomic E-state index is -0.142. The lowest BCUT2D eigenvalue weighted by atomic mass is 10.1. The highest BCUT2D eigenvalue weighted by Gasteiger charge is 2.14. The average Bonchev–Trinajstić information content (AvgIpc) is 2.60. The number of nitrogens with one attached hydrogen (secondary N) is 1. The van der Waals surface area contributed by atoms with Crippen molar-refractivity contribution in [1.82, 2.24) is 4.98 Å². The average molecular weight is 348 g/mol. The van der Waals surface area contributed by atoms with Crippen LogP contribution in [0.2, 0.25) is 0 Å². The highest BCUT2D eigenvalue weighted by molar-refractivity contribution is 7.99. The van der Waals surface area contributed by atoms with Gasteiger partial charge in [-0.1, -0.05) is 41.6 Å². The Kier molecular flexibility index (Phi) is 5.19. The quantitative estimate of drug-likeness (QED) is 0.685. The smallest absolute Gasteiger partial charge is 0.258 e. The molecule has 0 bridgehead atoms. The number of aromatic nitrogens is 1. The van der Waals surface area contributed by atoms with E-state index in [0.717, 1.165) is 21.7 Å². The summed E-state index contributed by atoms with van der Waals surface area (Å²) in [5.41, 5.74) is 4.77. The molecule has 0 fully saturated rings. The topological polar surface area (TPSA) is 42.0 Å². The summed E-state index contributed by atoms with van der Waals surface area (Å²) in [4.78, 5) is 18.2. The molecule has 4 heteroatoms. The van der Waals surface area contributed by atoms with E-state index in [1.165, 1.54) is 17.3 Å². The molecule has 0 atom stereocenters. The number of benzene rings is 2. The van der Waals surface area contributed by atoms with Crippen molar-refractivity contribution in [2.24, 2.45) is 0 Å². The van der Waals surface area contributed by atoms with Gasteiger partial charge in [0, 0.05) is 16.8 Å². The van der Waals surface area contributed by atoms with E-state index in [2.05, 4.69) is 29.4 Å². The third-order valence-corrected chi connectivity index (χ3v) is 4.92. The Morgan fingerprint density at radius 2 is 1.68 bits per heavy atom. The summed E-state index contributed by atoms with van der Waals surface area (Å²) in [6.07, 6.45) is 1.71. The molecule has 3 nitrogen and oxygen atoms in total. The van der Waals surface area contributed by atoms with Crippen molar-refractivity contribution in [1.29, 1.82) is 0 Å². The summed E-state index contributed by atoms with van der Waals surface area (Å²) in [5, 5.41) is 3.71. The van der Waals surface area contributed by atoms with E-state index in [-0.39, 0.29) is 5.91 Å². The molecule has 0 saturated heterocycles. The maximum atomic E-state index is 12.8. The molecular formula is C21H20N2OS. The van der Waals surface area contributed by atoms with Crippen molar-refractivity contribution in [3.05, 3.63) is 83.0 Å². The minimum Gasteiger partial charge on any atom is -0.322 e. The molecule has 0 radical (unpaired) electrons. The molecule has 0 spiro atoms. The fourth-order valence-electron chi connectivity index (χ4n) is 2.42. The van der Waals surface area contributed by atoms with Crippen molar-refractivity contribution in [2.45, 2.75) is 30.7 Å². The van der Waals surface area contributed by atoms with Crippen molar-refractivity contribution in [2.75, 3.05) is 5.32 Å². The van der Waals surface area contributed by atoms with E-state index in [0.29, 0.717) is 10.6 Å². The Bertz CT molecular complexity index is 904. The van der Waals surface area contributed by atoms with Crippen LogP contribution in [-0.2, 0) is 0 Å². The van der Waals surface area contributed by atoms with E-state index in [1.54, 1.807) is 12.3 Å². The maximum Gasteiger partial charge on any atom is 0.258 e. The van der Waals surface area contributed by atoms with E-state index < -0.39 is 0 Å². The van der Waals surface area contributed by atoms with Gasteiger partial charge < -0.3 is 5.32 Å². The van der Waals surface area contributed by atoms with Gasteiger partial charge in [0.25, 0.3) is 5.91 Å². The predicted octanol–water partition coefficient (Wildman–Crippen LogP) is 5.41. The molecule has 0 unspecified atom stereocenters. The van der Waals surface area contributed by atoms with Gasteiger partial charge in [-0.25, -0.2) is 4.98 Å². The molecule has 126 valence electrons. The van der Waals surface area contributed by atoms with E-state index in [9.17, 15) is 4.79 Å². The van der Waals surface area contributed by atoms with Crippen molar-refractivity contribution in [3.63, 3.8) is 0 Å². The van der Waals surface area contributed by atoms with Crippen LogP contribution in [0.25, 0.3) is 0 Å². The van der Waals surface area contributed by atoms with E-state index in [4.69, 9.17) is 0 Å². The SMILES string of the molecule is Cc1ccc(Sc2ncccc2C(=O)Nc2cc(C)ccc2C)cc1. The first-order chi connectivity index (χ1) is 12.0. The third kappa shape index (κ3) is 4.28. The van der Waals surface area contributed by atoms with E-state index in [1.807, 2.05) is 50.2 Å². The fraction of sp³-hybridized carbons (Fsp3) is 0.143. The van der Waals surface area contributed by atoms with Crippen LogP contribution in [0.1, 0.15) is 27.0 Å². The number of carbonyl (C=O) groups is 1. The lowest BCUT2D eigenvalue weighted by molar-refractivity contribution is 0.102. The summed E-state index contributed by atoms with van der Waals surface area (Å²) in [7, 11) is 0. The third-order valence-electron chi connectivity index (χ3n) is 3.89. The first-order valence-corrected chi connectivity index (χ1v) is 8.93. The molecule has 1 N–H and O–H groups in total. The lowest BCUT2D eigenvalue weighted by Gasteiger charge is -2.11. The zero-order chi connectivity index (χ0) is 17.8. The number of amides is 1. The van der Waals surface area contributed by atoms with Crippen LogP contribution < -0.4 is 5.32 Å². The van der Waals surface area contributed by atoms with Gasteiger partial charge >= 0.3 is 0 Å². The number of aryl methyl sites for hydroxylation is 3. The first-order valence-electron chi connectivity index (χ1n) is 8.11. The molecule has 3 aromatic rings. The second-order valence-corrected chi connectivity index (χ2v) is 7.11. The molecular weight excluding hydrogens is 328 g/mol. The number of nitrogens with zero attached hydrogens (tertiary/aromatic N) is 1. The van der Waals surface area contributed by atoms with Gasteiger partial charge in [0.15, 0.2) is 0 Å². The minimum absolute atomic E-state index is 0.142. The number of pyridine rings is 1. The van der Waals surface area contributed by atoms with Crippen LogP contribution in [0, 0.1) is 20.8 Å². The van der Waals surface area contributed by atoms with Gasteiger partial charge in [0.05, 0.1) is 5.56 Å². The Morgan fingerprint density at radius 1 is 0.960 bits per heavy atom. The second-order valence-electron chi connectivity index (χ2n) is 6.04. The van der Waals surface area contributed by atoms with Crippen molar-refractivity contribution < 1.29 is 4.79 Å². The second kappa shape index (κ2) is 7.53. The zero-order valence-electron chi connectivity index (χ0n) is 14.5. The van der Waals surface area contributed by atoms with Crippen LogP contribution in [-0.4, -0.2) is 10.9 Å². The molecule has 0 saturated carbocycles. The van der Waals surface area contributed by atoms with Gasteiger partial charge in [-0.3, -0.25) is 4.79 Å². The van der Waals surface area contributed by atoms with Crippen LogP contribution in [0.5, 0.6) is 0 Å². The number of carbonyl (C=O) groups excluding carboxylic acids is 1. The molecule has 3 rings (SSSR count). The molecule has 1 aromatic heterocycles. The van der Waals surface area contributed by atoms with Crippen molar-refractivity contribution >= 4 is 23.4 Å². The Hall–Kier alpha value is -2.59. The van der Waals surface area contributed by atoms with E-state index >= 15 is 0 Å². The molecule has 2 aromatic carbocycles. The highest BCUT2D eigenvalue weighted by Crippen LogP contribution is 2.29. The standard InChI is InChI=1S/C21H20N2OS/c1-14-7-10-17(11-8-14)25-21-18(5-4-12-22-21)20(24)23-19-13-15(2)6-9-16(19)3/h4-13H,1-3H3,(H,23,24). The summed E-state index contributed by atoms with van der Waals surface area (Å²) in [6, 6.07) is 17.8. The predicted molar refractivity (Wildman–Crippen MR) is 103 cm³/mol. The van der Waals surface area contributed by atoms with Gasteiger partial charge in [0.1, 0.15) is 5.03 Å². The number of rotatable bonds is 4.